The topological polar surface area (TPSA) is 43.0 Å². The molecule has 0 spiro atoms. The Hall–Kier alpha value is -2.40. The number of nitrogens with zero attached hydrogens (tertiary/aromatic N) is 1. The number of nitrogens with one attached hydrogen (secondary N) is 1. The summed E-state index contributed by atoms with van der Waals surface area (Å²) >= 11 is 0. The van der Waals surface area contributed by atoms with Crippen LogP contribution in [-0.2, 0) is 6.42 Å². The normalized spacial score (nSPS) is 14.9. The molecule has 5 nitrogen and oxygen atoms in total. The highest BCUT2D eigenvalue weighted by molar-refractivity contribution is 5.72. The second-order valence-electron chi connectivity index (χ2n) is 6.75. The van der Waals surface area contributed by atoms with Gasteiger partial charge in [-0.2, -0.15) is 0 Å². The lowest BCUT2D eigenvalue weighted by Gasteiger charge is -2.31. The summed E-state index contributed by atoms with van der Waals surface area (Å²) < 4.78 is 16.9. The lowest BCUT2D eigenvalue weighted by molar-refractivity contribution is 0.174. The molecule has 0 aliphatic carbocycles. The molecular weight excluding hydrogens is 328 g/mol. The maximum Gasteiger partial charge on any atom is 0.231 e. The van der Waals surface area contributed by atoms with Crippen LogP contribution in [0.5, 0.6) is 17.2 Å². The predicted molar refractivity (Wildman–Crippen MR) is 103 cm³/mol. The average molecular weight is 354 g/mol. The molecule has 0 amide bonds. The summed E-state index contributed by atoms with van der Waals surface area (Å²) in [5, 5.41) is 3.20. The van der Waals surface area contributed by atoms with Gasteiger partial charge in [-0.1, -0.05) is 12.5 Å². The Morgan fingerprint density at radius 2 is 1.85 bits per heavy atom. The molecule has 0 radical (unpaired) electrons. The summed E-state index contributed by atoms with van der Waals surface area (Å²) in [7, 11) is 2.01. The van der Waals surface area contributed by atoms with Gasteiger partial charge in [0.05, 0.1) is 12.2 Å². The van der Waals surface area contributed by atoms with Gasteiger partial charge in [0.25, 0.3) is 0 Å². The van der Waals surface area contributed by atoms with Gasteiger partial charge in [-0.25, -0.2) is 0 Å². The van der Waals surface area contributed by atoms with Crippen molar-refractivity contribution in [1.82, 2.24) is 5.32 Å². The van der Waals surface area contributed by atoms with Gasteiger partial charge in [-0.3, -0.25) is 0 Å². The first-order valence-electron chi connectivity index (χ1n) is 9.43. The van der Waals surface area contributed by atoms with Crippen LogP contribution >= 0.6 is 0 Å². The van der Waals surface area contributed by atoms with Crippen molar-refractivity contribution in [2.75, 3.05) is 38.4 Å². The fourth-order valence-corrected chi connectivity index (χ4v) is 3.55. The van der Waals surface area contributed by atoms with Gasteiger partial charge in [0.15, 0.2) is 11.5 Å². The lowest BCUT2D eigenvalue weighted by atomic mass is 10.0. The third-order valence-electron chi connectivity index (χ3n) is 4.95. The largest absolute Gasteiger partial charge is 0.490 e. The molecule has 0 unspecified atom stereocenters. The fraction of sp³-hybridized carbons (Fsp3) is 0.429. The van der Waals surface area contributed by atoms with E-state index in [1.165, 1.54) is 24.8 Å². The van der Waals surface area contributed by atoms with Crippen molar-refractivity contribution in [3.05, 3.63) is 42.0 Å². The van der Waals surface area contributed by atoms with Gasteiger partial charge in [0.1, 0.15) is 12.4 Å². The maximum atomic E-state index is 5.95. The van der Waals surface area contributed by atoms with Crippen molar-refractivity contribution in [2.24, 2.45) is 0 Å². The Kier molecular flexibility index (Phi) is 5.16. The van der Waals surface area contributed by atoms with Crippen LogP contribution in [0.25, 0.3) is 0 Å². The van der Waals surface area contributed by atoms with Crippen LogP contribution in [0, 0.1) is 0 Å². The molecule has 5 heteroatoms. The van der Waals surface area contributed by atoms with Crippen LogP contribution in [0.1, 0.15) is 24.8 Å². The molecule has 0 bridgehead atoms. The van der Waals surface area contributed by atoms with Crippen LogP contribution in [-0.4, -0.2) is 33.5 Å². The third-order valence-corrected chi connectivity index (χ3v) is 4.95. The first-order chi connectivity index (χ1) is 12.8. The summed E-state index contributed by atoms with van der Waals surface area (Å²) in [6, 6.07) is 12.7. The second-order valence-corrected chi connectivity index (χ2v) is 6.75. The Labute approximate surface area is 154 Å². The minimum atomic E-state index is 0.302. The van der Waals surface area contributed by atoms with Crippen LogP contribution in [0.4, 0.5) is 11.4 Å². The molecule has 0 atom stereocenters. The zero-order valence-electron chi connectivity index (χ0n) is 15.3. The van der Waals surface area contributed by atoms with Crippen LogP contribution in [0.3, 0.4) is 0 Å². The van der Waals surface area contributed by atoms with Crippen LogP contribution in [0.2, 0.25) is 0 Å². The van der Waals surface area contributed by atoms with Gasteiger partial charge in [-0.15, -0.1) is 0 Å². The number of hydrogen-bond acceptors (Lipinski definition) is 5. The number of aryl methyl sites for hydroxylation is 1. The van der Waals surface area contributed by atoms with Gasteiger partial charge in [0.2, 0.25) is 6.79 Å². The summed E-state index contributed by atoms with van der Waals surface area (Å²) in [6.45, 7) is 2.91. The van der Waals surface area contributed by atoms with E-state index < -0.39 is 0 Å². The van der Waals surface area contributed by atoms with E-state index >= 15 is 0 Å². The molecule has 2 aromatic rings. The molecule has 2 aliphatic rings. The Balaban J connectivity index is 1.48. The molecule has 2 aliphatic heterocycles. The highest BCUT2D eigenvalue weighted by atomic mass is 16.7. The molecule has 138 valence electrons. The van der Waals surface area contributed by atoms with E-state index in [4.69, 9.17) is 14.2 Å². The smallest absolute Gasteiger partial charge is 0.231 e. The van der Waals surface area contributed by atoms with Gasteiger partial charge in [-0.05, 0) is 62.7 Å². The first-order valence-corrected chi connectivity index (χ1v) is 9.43. The number of anilines is 2. The standard InChI is InChI=1S/C21H26N2O3/c1-22-10-4-2-3-5-16-6-8-18-20(13-16)24-12-11-23(18)17-7-9-19-21(14-17)26-15-25-19/h6-9,13-14,22H,2-5,10-12,15H2,1H3. The number of fused-ring (bicyclic) bond motifs is 2. The van der Waals surface area contributed by atoms with Crippen molar-refractivity contribution in [3.63, 3.8) is 0 Å². The molecule has 0 fully saturated rings. The van der Waals surface area contributed by atoms with E-state index in [9.17, 15) is 0 Å². The van der Waals surface area contributed by atoms with E-state index in [-0.39, 0.29) is 0 Å². The number of rotatable bonds is 7. The predicted octanol–water partition coefficient (Wildman–Crippen LogP) is 3.88. The number of hydrogen-bond donors (Lipinski definition) is 1. The maximum absolute atomic E-state index is 5.95. The Morgan fingerprint density at radius 3 is 2.77 bits per heavy atom. The van der Waals surface area contributed by atoms with Gasteiger partial charge in [0, 0.05) is 11.8 Å². The van der Waals surface area contributed by atoms with E-state index in [1.54, 1.807) is 0 Å². The summed E-state index contributed by atoms with van der Waals surface area (Å²) in [5.41, 5.74) is 3.58. The molecule has 26 heavy (non-hydrogen) atoms. The van der Waals surface area contributed by atoms with Crippen molar-refractivity contribution in [2.45, 2.75) is 25.7 Å². The molecule has 4 rings (SSSR count). The fourth-order valence-electron chi connectivity index (χ4n) is 3.55. The summed E-state index contributed by atoms with van der Waals surface area (Å²) in [5.74, 6) is 2.60. The summed E-state index contributed by atoms with van der Waals surface area (Å²) in [4.78, 5) is 2.29. The van der Waals surface area contributed by atoms with Crippen molar-refractivity contribution in [1.29, 1.82) is 0 Å². The second kappa shape index (κ2) is 7.87. The van der Waals surface area contributed by atoms with E-state index in [0.717, 1.165) is 48.1 Å². The van der Waals surface area contributed by atoms with Gasteiger partial charge < -0.3 is 24.4 Å². The third kappa shape index (κ3) is 3.58. The molecule has 0 saturated heterocycles. The number of ether oxygens (including phenoxy) is 3. The highest BCUT2D eigenvalue weighted by Gasteiger charge is 2.22. The first kappa shape index (κ1) is 17.0. The van der Waals surface area contributed by atoms with Crippen LogP contribution < -0.4 is 24.4 Å². The average Bonchev–Trinajstić information content (AvgIpc) is 3.15. The SMILES string of the molecule is CNCCCCCc1ccc2c(c1)OCCN2c1ccc2c(c1)OCO2. The molecule has 0 aromatic heterocycles. The van der Waals surface area contributed by atoms with E-state index in [1.807, 2.05) is 19.2 Å². The molecule has 2 heterocycles. The van der Waals surface area contributed by atoms with Crippen molar-refractivity contribution >= 4 is 11.4 Å². The Bertz CT molecular complexity index is 763. The molecule has 0 saturated carbocycles. The quantitative estimate of drug-likeness (QED) is 0.765. The van der Waals surface area contributed by atoms with Crippen molar-refractivity contribution < 1.29 is 14.2 Å². The minimum absolute atomic E-state index is 0.302. The molecule has 1 N–H and O–H groups in total. The molecule has 2 aromatic carbocycles. The van der Waals surface area contributed by atoms with E-state index in [0.29, 0.717) is 13.4 Å². The lowest BCUT2D eigenvalue weighted by Crippen LogP contribution is -2.28. The minimum Gasteiger partial charge on any atom is -0.490 e. The van der Waals surface area contributed by atoms with Crippen LogP contribution in [0.15, 0.2) is 36.4 Å². The van der Waals surface area contributed by atoms with Crippen molar-refractivity contribution in [3.8, 4) is 17.2 Å². The molecular formula is C21H26N2O3. The Morgan fingerprint density at radius 1 is 0.923 bits per heavy atom. The van der Waals surface area contributed by atoms with Gasteiger partial charge >= 0.3 is 0 Å². The number of benzene rings is 2. The van der Waals surface area contributed by atoms with E-state index in [2.05, 4.69) is 34.5 Å². The number of unbranched alkanes of at least 4 members (excludes halogenated alkanes) is 2. The monoisotopic (exact) mass is 354 g/mol. The zero-order chi connectivity index (χ0) is 17.8. The zero-order valence-corrected chi connectivity index (χ0v) is 15.3. The highest BCUT2D eigenvalue weighted by Crippen LogP contribution is 2.41. The summed E-state index contributed by atoms with van der Waals surface area (Å²) in [6.07, 6.45) is 4.80.